The van der Waals surface area contributed by atoms with E-state index in [4.69, 9.17) is 5.73 Å². The smallest absolute Gasteiger partial charge is 0.240 e. The normalized spacial score (nSPS) is 13.7. The molecule has 20 heavy (non-hydrogen) atoms. The molecule has 0 aliphatic heterocycles. The molecular weight excluding hydrogens is 279 g/mol. The zero-order valence-corrected chi connectivity index (χ0v) is 13.0. The van der Waals surface area contributed by atoms with Crippen molar-refractivity contribution in [1.29, 1.82) is 0 Å². The molecule has 0 aliphatic rings. The number of hydrogen-bond acceptors (Lipinski definition) is 3. The lowest BCUT2D eigenvalue weighted by Crippen LogP contribution is -2.32. The van der Waals surface area contributed by atoms with Crippen molar-refractivity contribution in [2.24, 2.45) is 5.92 Å². The average molecular weight is 302 g/mol. The van der Waals surface area contributed by atoms with Gasteiger partial charge in [-0.25, -0.2) is 17.5 Å². The van der Waals surface area contributed by atoms with Crippen molar-refractivity contribution < 1.29 is 12.8 Å². The number of anilines is 1. The van der Waals surface area contributed by atoms with Gasteiger partial charge in [-0.05, 0) is 37.5 Å². The average Bonchev–Trinajstić information content (AvgIpc) is 2.31. The number of nitrogen functional groups attached to an aromatic ring is 1. The Kier molecular flexibility index (Phi) is 5.95. The van der Waals surface area contributed by atoms with Crippen LogP contribution in [0.25, 0.3) is 0 Å². The van der Waals surface area contributed by atoms with Gasteiger partial charge >= 0.3 is 0 Å². The van der Waals surface area contributed by atoms with Gasteiger partial charge in [0.1, 0.15) is 5.82 Å². The minimum atomic E-state index is -3.65. The largest absolute Gasteiger partial charge is 0.396 e. The van der Waals surface area contributed by atoms with E-state index in [0.717, 1.165) is 31.4 Å². The molecule has 0 fully saturated rings. The van der Waals surface area contributed by atoms with Crippen LogP contribution in [0, 0.1) is 11.7 Å². The van der Waals surface area contributed by atoms with Gasteiger partial charge in [0.15, 0.2) is 0 Å². The molecule has 0 saturated carbocycles. The number of nitrogens with one attached hydrogen (secondary N) is 1. The minimum Gasteiger partial charge on any atom is -0.396 e. The molecule has 0 radical (unpaired) electrons. The van der Waals surface area contributed by atoms with Crippen molar-refractivity contribution in [3.8, 4) is 0 Å². The van der Waals surface area contributed by atoms with Gasteiger partial charge < -0.3 is 5.73 Å². The first-order valence-electron chi connectivity index (χ1n) is 6.79. The van der Waals surface area contributed by atoms with Crippen LogP contribution in [-0.4, -0.2) is 14.5 Å². The summed E-state index contributed by atoms with van der Waals surface area (Å²) in [7, 11) is -3.65. The van der Waals surface area contributed by atoms with Gasteiger partial charge in [-0.2, -0.15) is 0 Å². The number of sulfonamides is 1. The quantitative estimate of drug-likeness (QED) is 0.761. The Bertz CT molecular complexity index is 544. The Morgan fingerprint density at radius 1 is 1.25 bits per heavy atom. The zero-order chi connectivity index (χ0) is 15.3. The van der Waals surface area contributed by atoms with Crippen LogP contribution in [0.2, 0.25) is 0 Å². The van der Waals surface area contributed by atoms with E-state index in [1.54, 1.807) is 0 Å². The summed E-state index contributed by atoms with van der Waals surface area (Å²) in [5.74, 6) is -0.00960. The topological polar surface area (TPSA) is 72.2 Å². The van der Waals surface area contributed by atoms with Crippen LogP contribution in [0.3, 0.4) is 0 Å². The van der Waals surface area contributed by atoms with Gasteiger partial charge in [-0.15, -0.1) is 0 Å². The summed E-state index contributed by atoms with van der Waals surface area (Å²) in [6, 6.07) is 3.26. The summed E-state index contributed by atoms with van der Waals surface area (Å²) in [6.07, 6.45) is 2.80. The maximum Gasteiger partial charge on any atom is 0.240 e. The molecule has 0 aromatic heterocycles. The molecule has 0 saturated heterocycles. The van der Waals surface area contributed by atoms with Gasteiger partial charge in [-0.3, -0.25) is 0 Å². The van der Waals surface area contributed by atoms with E-state index >= 15 is 0 Å². The second-order valence-corrected chi connectivity index (χ2v) is 7.24. The molecule has 1 atom stereocenters. The van der Waals surface area contributed by atoms with Crippen LogP contribution in [-0.2, 0) is 10.0 Å². The van der Waals surface area contributed by atoms with E-state index in [2.05, 4.69) is 18.6 Å². The summed E-state index contributed by atoms with van der Waals surface area (Å²) < 4.78 is 39.9. The third kappa shape index (κ3) is 5.09. The molecule has 0 aliphatic carbocycles. The van der Waals surface area contributed by atoms with Crippen LogP contribution >= 0.6 is 0 Å². The van der Waals surface area contributed by atoms with E-state index in [9.17, 15) is 12.8 Å². The summed E-state index contributed by atoms with van der Waals surface area (Å²) in [5.41, 5.74) is 5.23. The van der Waals surface area contributed by atoms with Gasteiger partial charge in [0.25, 0.3) is 0 Å². The maximum atomic E-state index is 13.1. The highest BCUT2D eigenvalue weighted by Gasteiger charge is 2.18. The lowest BCUT2D eigenvalue weighted by Gasteiger charge is -2.15. The molecule has 0 heterocycles. The van der Waals surface area contributed by atoms with E-state index in [0.29, 0.717) is 5.92 Å². The molecule has 4 nitrogen and oxygen atoms in total. The predicted octanol–water partition coefficient (Wildman–Crippen LogP) is 2.90. The molecule has 3 N–H and O–H groups in total. The minimum absolute atomic E-state index is 0.00731. The molecule has 0 amide bonds. The molecule has 6 heteroatoms. The SMILES string of the molecule is CC(C)CCCC(C)NS(=O)(=O)c1ccc(F)c(N)c1. The number of benzene rings is 1. The second-order valence-electron chi connectivity index (χ2n) is 5.53. The van der Waals surface area contributed by atoms with Crippen molar-refractivity contribution in [1.82, 2.24) is 4.72 Å². The standard InChI is InChI=1S/C14H23FN2O2S/c1-10(2)5-4-6-11(3)17-20(18,19)12-7-8-13(15)14(16)9-12/h7-11,17H,4-6,16H2,1-3H3. The van der Waals surface area contributed by atoms with E-state index < -0.39 is 15.8 Å². The third-order valence-corrected chi connectivity index (χ3v) is 4.64. The summed E-state index contributed by atoms with van der Waals surface area (Å²) >= 11 is 0. The van der Waals surface area contributed by atoms with Crippen molar-refractivity contribution in [2.45, 2.75) is 51.0 Å². The monoisotopic (exact) mass is 302 g/mol. The summed E-state index contributed by atoms with van der Waals surface area (Å²) in [5, 5.41) is 0. The lowest BCUT2D eigenvalue weighted by atomic mass is 10.0. The highest BCUT2D eigenvalue weighted by molar-refractivity contribution is 7.89. The van der Waals surface area contributed by atoms with E-state index in [1.807, 2.05) is 6.92 Å². The summed E-state index contributed by atoms with van der Waals surface area (Å²) in [6.45, 7) is 6.09. The van der Waals surface area contributed by atoms with Gasteiger partial charge in [0.2, 0.25) is 10.0 Å². The molecule has 1 aromatic carbocycles. The Morgan fingerprint density at radius 3 is 2.45 bits per heavy atom. The Morgan fingerprint density at radius 2 is 1.90 bits per heavy atom. The predicted molar refractivity (Wildman–Crippen MR) is 79.3 cm³/mol. The number of hydrogen-bond donors (Lipinski definition) is 2. The van der Waals surface area contributed by atoms with Gasteiger partial charge in [0, 0.05) is 6.04 Å². The van der Waals surface area contributed by atoms with Crippen molar-refractivity contribution in [3.63, 3.8) is 0 Å². The third-order valence-electron chi connectivity index (χ3n) is 3.05. The molecule has 0 bridgehead atoms. The molecular formula is C14H23FN2O2S. The number of halogens is 1. The first-order valence-corrected chi connectivity index (χ1v) is 8.28. The van der Waals surface area contributed by atoms with E-state index in [1.165, 1.54) is 6.07 Å². The Labute approximate surface area is 120 Å². The van der Waals surface area contributed by atoms with Crippen molar-refractivity contribution in [3.05, 3.63) is 24.0 Å². The molecule has 1 rings (SSSR count). The molecule has 1 unspecified atom stereocenters. The van der Waals surface area contributed by atoms with E-state index in [-0.39, 0.29) is 16.6 Å². The number of rotatable bonds is 7. The van der Waals surface area contributed by atoms with Crippen LogP contribution in [0.15, 0.2) is 23.1 Å². The maximum absolute atomic E-state index is 13.1. The summed E-state index contributed by atoms with van der Waals surface area (Å²) in [4.78, 5) is -0.00731. The van der Waals surface area contributed by atoms with Crippen LogP contribution in [0.5, 0.6) is 0 Å². The fourth-order valence-electron chi connectivity index (χ4n) is 1.91. The van der Waals surface area contributed by atoms with Gasteiger partial charge in [0.05, 0.1) is 10.6 Å². The van der Waals surface area contributed by atoms with Crippen molar-refractivity contribution >= 4 is 15.7 Å². The fourth-order valence-corrected chi connectivity index (χ4v) is 3.23. The van der Waals surface area contributed by atoms with Gasteiger partial charge in [-0.1, -0.05) is 26.7 Å². The fraction of sp³-hybridized carbons (Fsp3) is 0.571. The Balaban J connectivity index is 2.67. The Hall–Kier alpha value is -1.14. The molecule has 0 spiro atoms. The molecule has 114 valence electrons. The molecule has 1 aromatic rings. The highest BCUT2D eigenvalue weighted by atomic mass is 32.2. The zero-order valence-electron chi connectivity index (χ0n) is 12.2. The van der Waals surface area contributed by atoms with Crippen LogP contribution < -0.4 is 10.5 Å². The first kappa shape index (κ1) is 16.9. The van der Waals surface area contributed by atoms with Crippen LogP contribution in [0.4, 0.5) is 10.1 Å². The lowest BCUT2D eigenvalue weighted by molar-refractivity contribution is 0.488. The van der Waals surface area contributed by atoms with Crippen molar-refractivity contribution in [2.75, 3.05) is 5.73 Å². The highest BCUT2D eigenvalue weighted by Crippen LogP contribution is 2.17. The second kappa shape index (κ2) is 7.04. The first-order chi connectivity index (χ1) is 9.22. The number of nitrogens with two attached hydrogens (primary N) is 1. The van der Waals surface area contributed by atoms with Crippen LogP contribution in [0.1, 0.15) is 40.0 Å².